The number of nitrogens with one attached hydrogen (secondary N) is 1. The van der Waals surface area contributed by atoms with Crippen LogP contribution in [-0.2, 0) is 0 Å². The molecule has 70 valence electrons. The zero-order chi connectivity index (χ0) is 9.26. The van der Waals surface area contributed by atoms with Gasteiger partial charge in [-0.2, -0.15) is 0 Å². The second-order valence-corrected chi connectivity index (χ2v) is 3.41. The first-order valence-electron chi connectivity index (χ1n) is 4.09. The lowest BCUT2D eigenvalue weighted by Gasteiger charge is -2.25. The lowest BCUT2D eigenvalue weighted by atomic mass is 10.2. The van der Waals surface area contributed by atoms with E-state index >= 15 is 0 Å². The van der Waals surface area contributed by atoms with Crippen LogP contribution in [0.15, 0.2) is 18.2 Å². The Labute approximate surface area is 81.3 Å². The third kappa shape index (κ3) is 1.71. The molecule has 0 fully saturated rings. The van der Waals surface area contributed by atoms with Crippen LogP contribution in [0.3, 0.4) is 0 Å². The number of hydrogen-bond acceptors (Lipinski definition) is 3. The third-order valence-corrected chi connectivity index (χ3v) is 2.20. The molecule has 1 aromatic rings. The van der Waals surface area contributed by atoms with Crippen LogP contribution in [0.4, 0.5) is 5.69 Å². The molecule has 1 aromatic carbocycles. The van der Waals surface area contributed by atoms with Crippen LogP contribution in [0.1, 0.15) is 0 Å². The monoisotopic (exact) mass is 199 g/mol. The number of rotatable bonds is 1. The van der Waals surface area contributed by atoms with Crippen LogP contribution >= 0.6 is 11.6 Å². The van der Waals surface area contributed by atoms with Crippen molar-refractivity contribution in [3.63, 3.8) is 0 Å². The van der Waals surface area contributed by atoms with Crippen molar-refractivity contribution in [3.05, 3.63) is 23.2 Å². The fraction of sp³-hybridized carbons (Fsp3) is 0.333. The number of ether oxygens (including phenoxy) is 1. The van der Waals surface area contributed by atoms with Crippen molar-refractivity contribution in [2.45, 2.75) is 6.04 Å². The predicted octanol–water partition coefficient (Wildman–Crippen LogP) is 1.51. The Morgan fingerprint density at radius 1 is 1.62 bits per heavy atom. The van der Waals surface area contributed by atoms with Crippen LogP contribution in [0.2, 0.25) is 5.02 Å². The van der Waals surface area contributed by atoms with Crippen molar-refractivity contribution in [2.75, 3.05) is 18.5 Å². The first kappa shape index (κ1) is 8.66. The van der Waals surface area contributed by atoms with Gasteiger partial charge in [0.2, 0.25) is 0 Å². The summed E-state index contributed by atoms with van der Waals surface area (Å²) < 4.78 is 5.40. The van der Waals surface area contributed by atoms with Crippen LogP contribution < -0.4 is 10.1 Å². The van der Waals surface area contributed by atoms with Gasteiger partial charge < -0.3 is 15.2 Å². The molecule has 0 amide bonds. The van der Waals surface area contributed by atoms with E-state index in [1.54, 1.807) is 12.1 Å². The Kier molecular flexibility index (Phi) is 2.29. The second-order valence-electron chi connectivity index (χ2n) is 2.98. The Bertz CT molecular complexity index is 316. The predicted molar refractivity (Wildman–Crippen MR) is 51.4 cm³/mol. The van der Waals surface area contributed by atoms with Crippen molar-refractivity contribution in [3.8, 4) is 5.75 Å². The van der Waals surface area contributed by atoms with Crippen LogP contribution in [0.25, 0.3) is 0 Å². The van der Waals surface area contributed by atoms with Gasteiger partial charge in [-0.1, -0.05) is 11.6 Å². The van der Waals surface area contributed by atoms with E-state index in [1.807, 2.05) is 6.07 Å². The molecule has 0 bridgehead atoms. The fourth-order valence-corrected chi connectivity index (χ4v) is 1.45. The van der Waals surface area contributed by atoms with Gasteiger partial charge in [-0.05, 0) is 12.1 Å². The highest BCUT2D eigenvalue weighted by molar-refractivity contribution is 6.30. The average Bonchev–Trinajstić information content (AvgIpc) is 2.17. The van der Waals surface area contributed by atoms with E-state index < -0.39 is 0 Å². The van der Waals surface area contributed by atoms with Gasteiger partial charge in [0.05, 0.1) is 18.3 Å². The maximum Gasteiger partial charge on any atom is 0.143 e. The molecule has 0 spiro atoms. The molecule has 1 aliphatic rings. The van der Waals surface area contributed by atoms with E-state index in [0.29, 0.717) is 11.6 Å². The first-order valence-corrected chi connectivity index (χ1v) is 4.47. The molecule has 2 N–H and O–H groups in total. The van der Waals surface area contributed by atoms with E-state index in [0.717, 1.165) is 11.4 Å². The van der Waals surface area contributed by atoms with Crippen LogP contribution in [0, 0.1) is 0 Å². The molecule has 0 saturated heterocycles. The number of aliphatic hydroxyl groups excluding tert-OH is 1. The Hall–Kier alpha value is -0.930. The Morgan fingerprint density at radius 3 is 3.23 bits per heavy atom. The summed E-state index contributed by atoms with van der Waals surface area (Å²) in [6, 6.07) is 5.38. The second kappa shape index (κ2) is 3.44. The van der Waals surface area contributed by atoms with E-state index in [1.165, 1.54) is 0 Å². The van der Waals surface area contributed by atoms with Gasteiger partial charge in [0.15, 0.2) is 0 Å². The zero-order valence-corrected chi connectivity index (χ0v) is 7.71. The summed E-state index contributed by atoms with van der Waals surface area (Å²) in [7, 11) is 0. The lowest BCUT2D eigenvalue weighted by Crippen LogP contribution is -2.34. The summed E-state index contributed by atoms with van der Waals surface area (Å²) in [4.78, 5) is 0. The van der Waals surface area contributed by atoms with Crippen molar-refractivity contribution < 1.29 is 9.84 Å². The topological polar surface area (TPSA) is 41.5 Å². The Balaban J connectivity index is 2.26. The number of anilines is 1. The summed E-state index contributed by atoms with van der Waals surface area (Å²) in [5, 5.41) is 12.7. The van der Waals surface area contributed by atoms with Gasteiger partial charge in [0, 0.05) is 11.1 Å². The molecule has 1 atom stereocenters. The van der Waals surface area contributed by atoms with Gasteiger partial charge in [0.25, 0.3) is 0 Å². The normalized spacial score (nSPS) is 20.0. The van der Waals surface area contributed by atoms with E-state index in [-0.39, 0.29) is 12.6 Å². The molecule has 3 nitrogen and oxygen atoms in total. The highest BCUT2D eigenvalue weighted by atomic mass is 35.5. The molecular formula is C9H10ClNO2. The minimum absolute atomic E-state index is 0.0197. The molecule has 0 radical (unpaired) electrons. The summed E-state index contributed by atoms with van der Waals surface area (Å²) in [6.07, 6.45) is 0. The average molecular weight is 200 g/mol. The van der Waals surface area contributed by atoms with Crippen molar-refractivity contribution in [1.29, 1.82) is 0 Å². The van der Waals surface area contributed by atoms with E-state index in [4.69, 9.17) is 21.4 Å². The fourth-order valence-electron chi connectivity index (χ4n) is 1.29. The highest BCUT2D eigenvalue weighted by Gasteiger charge is 2.17. The molecule has 0 aliphatic carbocycles. The zero-order valence-electron chi connectivity index (χ0n) is 6.96. The minimum atomic E-state index is -0.0197. The molecule has 2 rings (SSSR count). The lowest BCUT2D eigenvalue weighted by molar-refractivity contribution is 0.207. The van der Waals surface area contributed by atoms with Gasteiger partial charge in [-0.25, -0.2) is 0 Å². The standard InChI is InChI=1S/C9H10ClNO2/c10-6-1-2-8-9(3-6)13-5-7(4-12)11-8/h1-3,7,11-12H,4-5H2/t7-/m1/s1. The molecule has 1 aliphatic heterocycles. The number of halogens is 1. The number of fused-ring (bicyclic) bond motifs is 1. The maximum atomic E-state index is 8.90. The van der Waals surface area contributed by atoms with E-state index in [2.05, 4.69) is 5.32 Å². The molecule has 0 aromatic heterocycles. The van der Waals surface area contributed by atoms with Crippen molar-refractivity contribution in [1.82, 2.24) is 0 Å². The molecule has 13 heavy (non-hydrogen) atoms. The summed E-state index contributed by atoms with van der Waals surface area (Å²) in [6.45, 7) is 0.548. The number of aliphatic hydroxyl groups is 1. The summed E-state index contributed by atoms with van der Waals surface area (Å²) in [5.41, 5.74) is 0.884. The van der Waals surface area contributed by atoms with Crippen molar-refractivity contribution in [2.24, 2.45) is 0 Å². The third-order valence-electron chi connectivity index (χ3n) is 1.96. The van der Waals surface area contributed by atoms with Crippen molar-refractivity contribution >= 4 is 17.3 Å². The van der Waals surface area contributed by atoms with Crippen LogP contribution in [-0.4, -0.2) is 24.4 Å². The maximum absolute atomic E-state index is 8.90. The number of hydrogen-bond donors (Lipinski definition) is 2. The first-order chi connectivity index (χ1) is 6.29. The molecule has 0 saturated carbocycles. The SMILES string of the molecule is OC[C@@H]1COc2cc(Cl)ccc2N1. The molecule has 0 unspecified atom stereocenters. The molecule has 4 heteroatoms. The van der Waals surface area contributed by atoms with Gasteiger partial charge >= 0.3 is 0 Å². The van der Waals surface area contributed by atoms with Gasteiger partial charge in [0.1, 0.15) is 12.4 Å². The highest BCUT2D eigenvalue weighted by Crippen LogP contribution is 2.31. The largest absolute Gasteiger partial charge is 0.489 e. The van der Waals surface area contributed by atoms with E-state index in [9.17, 15) is 0 Å². The summed E-state index contributed by atoms with van der Waals surface area (Å²) in [5.74, 6) is 0.747. The minimum Gasteiger partial charge on any atom is -0.489 e. The smallest absolute Gasteiger partial charge is 0.143 e. The Morgan fingerprint density at radius 2 is 2.46 bits per heavy atom. The van der Waals surface area contributed by atoms with Crippen LogP contribution in [0.5, 0.6) is 5.75 Å². The number of benzene rings is 1. The molecule has 1 heterocycles. The summed E-state index contributed by atoms with van der Waals surface area (Å²) >= 11 is 5.79. The van der Waals surface area contributed by atoms with Gasteiger partial charge in [-0.15, -0.1) is 0 Å². The molecular weight excluding hydrogens is 190 g/mol. The van der Waals surface area contributed by atoms with Gasteiger partial charge in [-0.3, -0.25) is 0 Å². The quantitative estimate of drug-likeness (QED) is 0.721.